The maximum Gasteiger partial charge on any atom is 0.326 e. The topological polar surface area (TPSA) is 126 Å². The molecule has 2 N–H and O–H groups in total. The average molecular weight is 559 g/mol. The van der Waals surface area contributed by atoms with E-state index < -0.39 is 23.8 Å². The molecule has 3 heterocycles. The van der Waals surface area contributed by atoms with Gasteiger partial charge < -0.3 is 19.6 Å². The van der Waals surface area contributed by atoms with Crippen LogP contribution in [0.25, 0.3) is 0 Å². The molecule has 2 bridgehead atoms. The average Bonchev–Trinajstić information content (AvgIpc) is 3.61. The van der Waals surface area contributed by atoms with E-state index in [0.717, 1.165) is 26.8 Å². The predicted molar refractivity (Wildman–Crippen MR) is 141 cm³/mol. The van der Waals surface area contributed by atoms with Crippen LogP contribution in [0.5, 0.6) is 11.5 Å². The fourth-order valence-electron chi connectivity index (χ4n) is 7.53. The molecule has 1 aromatic heterocycles. The van der Waals surface area contributed by atoms with Crippen LogP contribution >= 0.6 is 23.1 Å². The zero-order chi connectivity index (χ0) is 27.0. The van der Waals surface area contributed by atoms with E-state index in [2.05, 4.69) is 4.98 Å². The summed E-state index contributed by atoms with van der Waals surface area (Å²) in [4.78, 5) is 57.0. The summed E-state index contributed by atoms with van der Waals surface area (Å²) in [7, 11) is 3.16. The number of imide groups is 1. The van der Waals surface area contributed by atoms with Gasteiger partial charge in [-0.15, -0.1) is 11.8 Å². The van der Waals surface area contributed by atoms with Crippen molar-refractivity contribution in [3.8, 4) is 11.5 Å². The van der Waals surface area contributed by atoms with Crippen molar-refractivity contribution < 1.29 is 29.0 Å². The summed E-state index contributed by atoms with van der Waals surface area (Å²) in [6, 6.07) is 4.62. The van der Waals surface area contributed by atoms with Gasteiger partial charge in [-0.1, -0.05) is 31.3 Å². The Kier molecular flexibility index (Phi) is 6.14. The number of aliphatic carboxylic acids is 1. The molecule has 202 valence electrons. The number of carbonyl (C=O) groups is 3. The third-order valence-electron chi connectivity index (χ3n) is 8.82. The second kappa shape index (κ2) is 9.15. The Morgan fingerprint density at radius 3 is 2.42 bits per heavy atom. The van der Waals surface area contributed by atoms with Crippen molar-refractivity contribution in [1.82, 2.24) is 9.88 Å². The second-order valence-electron chi connectivity index (χ2n) is 11.1. The monoisotopic (exact) mass is 558 g/mol. The minimum Gasteiger partial charge on any atom is -0.493 e. The zero-order valence-electron chi connectivity index (χ0n) is 21.5. The summed E-state index contributed by atoms with van der Waals surface area (Å²) in [6.45, 7) is 3.78. The summed E-state index contributed by atoms with van der Waals surface area (Å²) >= 11 is 2.80. The number of ether oxygens (including phenoxy) is 2. The van der Waals surface area contributed by atoms with E-state index in [-0.39, 0.29) is 57.9 Å². The number of H-pyrrole nitrogens is 1. The van der Waals surface area contributed by atoms with Crippen molar-refractivity contribution in [3.05, 3.63) is 38.3 Å². The van der Waals surface area contributed by atoms with Crippen molar-refractivity contribution in [2.24, 2.45) is 35.5 Å². The first kappa shape index (κ1) is 25.5. The smallest absolute Gasteiger partial charge is 0.326 e. The van der Waals surface area contributed by atoms with Gasteiger partial charge in [-0.2, -0.15) is 0 Å². The van der Waals surface area contributed by atoms with E-state index in [4.69, 9.17) is 9.47 Å². The fourth-order valence-corrected chi connectivity index (χ4v) is 10.4. The van der Waals surface area contributed by atoms with Gasteiger partial charge in [0, 0.05) is 16.0 Å². The highest BCUT2D eigenvalue weighted by molar-refractivity contribution is 8.00. The lowest BCUT2D eigenvalue weighted by atomic mass is 9.68. The number of hydrogen-bond donors (Lipinski definition) is 2. The van der Waals surface area contributed by atoms with Crippen molar-refractivity contribution in [2.45, 2.75) is 48.9 Å². The van der Waals surface area contributed by atoms with Crippen LogP contribution in [-0.2, 0) is 14.4 Å². The SMILES string of the molecule is COc1ccc([C@@H]2c3sc(=O)[nH]c3S[C@@H]3[C@H]4C[C@@H]([C@H]5C(=O)N([C@@H](CC(C)C)C(=O)O)C(=O)[C@@H]45)[C@@H]23)cc1OC. The molecule has 2 amide bonds. The normalized spacial score (nSPS) is 31.8. The third kappa shape index (κ3) is 3.57. The minimum atomic E-state index is -1.14. The van der Waals surface area contributed by atoms with E-state index in [9.17, 15) is 24.3 Å². The maximum atomic E-state index is 13.8. The summed E-state index contributed by atoms with van der Waals surface area (Å²) in [5.41, 5.74) is 0.968. The van der Waals surface area contributed by atoms with Crippen LogP contribution in [0.3, 0.4) is 0 Å². The quantitative estimate of drug-likeness (QED) is 0.495. The van der Waals surface area contributed by atoms with Crippen LogP contribution in [0, 0.1) is 35.5 Å². The molecule has 8 atom stereocenters. The Balaban J connectivity index is 1.43. The van der Waals surface area contributed by atoms with Crippen molar-refractivity contribution in [1.29, 1.82) is 0 Å². The van der Waals surface area contributed by atoms with Gasteiger partial charge in [0.15, 0.2) is 11.5 Å². The molecule has 0 spiro atoms. The largest absolute Gasteiger partial charge is 0.493 e. The van der Waals surface area contributed by atoms with Gasteiger partial charge in [-0.3, -0.25) is 19.3 Å². The van der Waals surface area contributed by atoms with Crippen molar-refractivity contribution in [3.63, 3.8) is 0 Å². The number of fused-ring (bicyclic) bond motifs is 9. The molecule has 3 fully saturated rings. The van der Waals surface area contributed by atoms with Gasteiger partial charge >= 0.3 is 10.8 Å². The van der Waals surface area contributed by atoms with Crippen molar-refractivity contribution >= 4 is 40.9 Å². The first-order valence-corrected chi connectivity index (χ1v) is 14.6. The Labute approximate surface area is 227 Å². The first-order chi connectivity index (χ1) is 18.2. The number of nitrogens with one attached hydrogen (secondary N) is 1. The number of nitrogens with zero attached hydrogens (tertiary/aromatic N) is 1. The third-order valence-corrected chi connectivity index (χ3v) is 11.4. The maximum absolute atomic E-state index is 13.8. The van der Waals surface area contributed by atoms with Crippen LogP contribution in [0.1, 0.15) is 43.0 Å². The van der Waals surface area contributed by atoms with Crippen molar-refractivity contribution in [2.75, 3.05) is 14.2 Å². The molecule has 38 heavy (non-hydrogen) atoms. The molecule has 0 unspecified atom stereocenters. The number of carbonyl (C=O) groups excluding carboxylic acids is 2. The van der Waals surface area contributed by atoms with Crippen LogP contribution in [0.4, 0.5) is 0 Å². The highest BCUT2D eigenvalue weighted by atomic mass is 32.2. The van der Waals surface area contributed by atoms with Gasteiger partial charge in [-0.05, 0) is 54.2 Å². The van der Waals surface area contributed by atoms with Gasteiger partial charge in [-0.25, -0.2) is 4.79 Å². The molecule has 2 saturated carbocycles. The number of aromatic nitrogens is 1. The predicted octanol–water partition coefficient (Wildman–Crippen LogP) is 3.43. The Hall–Kier alpha value is -2.79. The Morgan fingerprint density at radius 1 is 1.11 bits per heavy atom. The number of rotatable bonds is 7. The number of carboxylic acids is 1. The van der Waals surface area contributed by atoms with Crippen LogP contribution in [-0.4, -0.2) is 58.3 Å². The van der Waals surface area contributed by atoms with Gasteiger partial charge in [0.25, 0.3) is 0 Å². The lowest BCUT2D eigenvalue weighted by Gasteiger charge is -2.43. The van der Waals surface area contributed by atoms with E-state index in [1.807, 2.05) is 32.0 Å². The first-order valence-electron chi connectivity index (χ1n) is 12.9. The number of hydrogen-bond acceptors (Lipinski definition) is 8. The number of thioether (sulfide) groups is 1. The van der Waals surface area contributed by atoms with Crippen LogP contribution in [0.2, 0.25) is 0 Å². The number of methoxy groups -OCH3 is 2. The fraction of sp³-hybridized carbons (Fsp3) is 0.556. The number of thiazole rings is 1. The summed E-state index contributed by atoms with van der Waals surface area (Å²) < 4.78 is 11.0. The van der Waals surface area contributed by atoms with Gasteiger partial charge in [0.05, 0.1) is 31.1 Å². The van der Waals surface area contributed by atoms with E-state index in [0.29, 0.717) is 11.5 Å². The van der Waals surface area contributed by atoms with Crippen LogP contribution in [0.15, 0.2) is 28.0 Å². The minimum absolute atomic E-state index is 0.0216. The molecule has 2 aliphatic heterocycles. The highest BCUT2D eigenvalue weighted by Gasteiger charge is 2.70. The van der Waals surface area contributed by atoms with Crippen LogP contribution < -0.4 is 14.3 Å². The molecule has 2 aliphatic carbocycles. The second-order valence-corrected chi connectivity index (χ2v) is 13.3. The molecule has 4 aliphatic rings. The lowest BCUT2D eigenvalue weighted by molar-refractivity contribution is -0.156. The molecule has 11 heteroatoms. The van der Waals surface area contributed by atoms with Gasteiger partial charge in [0.2, 0.25) is 11.8 Å². The standard InChI is InChI=1S/C27H30N2O7S2/c1-10(2)7-14(26(32)33)29-24(30)19-12-9-13(20(19)25(29)31)21-18(12)17(22-23(37-21)28-27(34)38-22)11-5-6-15(35-3)16(8-11)36-4/h5-6,8,10,12-14,17-21H,7,9H2,1-4H3,(H,28,34)(H,32,33)/t12-,13+,14+,17+,18+,19-,20+,21-/m1/s1. The summed E-state index contributed by atoms with van der Waals surface area (Å²) in [5.74, 6) is -1.92. The number of benzene rings is 1. The molecule has 1 saturated heterocycles. The number of carboxylic acid groups (broad SMARTS) is 1. The Bertz CT molecular complexity index is 1380. The van der Waals surface area contributed by atoms with E-state index in [1.54, 1.807) is 26.0 Å². The molecule has 0 radical (unpaired) electrons. The summed E-state index contributed by atoms with van der Waals surface area (Å²) in [5, 5.41) is 10.8. The molecule has 1 aromatic carbocycles. The molecule has 6 rings (SSSR count). The zero-order valence-corrected chi connectivity index (χ0v) is 23.1. The highest BCUT2D eigenvalue weighted by Crippen LogP contribution is 2.68. The number of aromatic amines is 1. The Morgan fingerprint density at radius 2 is 1.79 bits per heavy atom. The molecule has 9 nitrogen and oxygen atoms in total. The molecular formula is C27H30N2O7S2. The molecular weight excluding hydrogens is 528 g/mol. The van der Waals surface area contributed by atoms with Gasteiger partial charge in [0.1, 0.15) is 6.04 Å². The molecule has 2 aromatic rings. The number of likely N-dealkylation sites (tertiary alicyclic amines) is 1. The lowest BCUT2D eigenvalue weighted by Crippen LogP contribution is -2.47. The number of amides is 2. The summed E-state index contributed by atoms with van der Waals surface area (Å²) in [6.07, 6.45) is 0.976. The van der Waals surface area contributed by atoms with E-state index in [1.165, 1.54) is 11.3 Å². The van der Waals surface area contributed by atoms with E-state index >= 15 is 0 Å².